The maximum absolute atomic E-state index is 14.5. The maximum atomic E-state index is 14.5. The average molecular weight is 748 g/mol. The Balaban J connectivity index is 1.36. The predicted molar refractivity (Wildman–Crippen MR) is 173 cm³/mol. The minimum absolute atomic E-state index is 0.00351. The molecular weight excluding hydrogens is 705 g/mol. The predicted octanol–water partition coefficient (Wildman–Crippen LogP) is -0.183. The number of ether oxygens (including phenoxy) is 5. The summed E-state index contributed by atoms with van der Waals surface area (Å²) >= 11 is 0.556. The number of anilines is 1. The number of hydrogen-bond donors (Lipinski definition) is 5. The number of aliphatic hydroxyl groups excluding tert-OH is 3. The molecule has 0 aliphatic carbocycles. The minimum atomic E-state index is -4.38. The van der Waals surface area contributed by atoms with Gasteiger partial charge in [0.2, 0.25) is 12.3 Å². The summed E-state index contributed by atoms with van der Waals surface area (Å²) in [5.74, 6) is -1.39. The molecule has 2 saturated heterocycles. The van der Waals surface area contributed by atoms with Gasteiger partial charge in [-0.05, 0) is 20.8 Å². The van der Waals surface area contributed by atoms with E-state index >= 15 is 0 Å². The summed E-state index contributed by atoms with van der Waals surface area (Å²) in [6.45, 7) is -0.338. The molecule has 0 saturated carbocycles. The van der Waals surface area contributed by atoms with Gasteiger partial charge in [0, 0.05) is 37.2 Å². The van der Waals surface area contributed by atoms with Crippen LogP contribution in [0, 0.1) is 5.41 Å². The Kier molecular flexibility index (Phi) is 12.4. The fourth-order valence-corrected chi connectivity index (χ4v) is 8.07. The van der Waals surface area contributed by atoms with Crippen molar-refractivity contribution in [1.29, 1.82) is 0 Å². The number of nitrogens with two attached hydrogens (primary N) is 1. The Hall–Kier alpha value is -2.95. The standard InChI is InChI=1S/C28H42N7O13PS/c1-28(2,3)26(39)44-14-50-49(41,45-11-17-15(37)9-19(46-17)35-13-32-20-23(29)30-12-31-24(20)35)48-21-16(10-36)47-25(22(21)43-8-7-42-4)34-6-5-18(38)33-27(34)40/h5-6,12-13,15-17,19,21-22,25,27,36-37,40H,7-11,14H2,1-4H3,(H,33,38)(H2,29,30,31)/t15-,16+,17+,19+,21+,22+,25+,27?,49?/m0/s1. The van der Waals surface area contributed by atoms with E-state index in [-0.39, 0.29) is 25.5 Å². The number of carbonyl (C=O) groups excluding carboxylic acids is 2. The second kappa shape index (κ2) is 16.2. The lowest BCUT2D eigenvalue weighted by Gasteiger charge is -2.37. The van der Waals surface area contributed by atoms with Gasteiger partial charge in [-0.1, -0.05) is 0 Å². The number of amides is 1. The highest BCUT2D eigenvalue weighted by Gasteiger charge is 2.53. The van der Waals surface area contributed by atoms with Crippen molar-refractivity contribution in [2.24, 2.45) is 5.41 Å². The van der Waals surface area contributed by atoms with E-state index in [9.17, 15) is 29.5 Å². The SMILES string of the molecule is COCCO[C@@H]1[C@H](OP(=O)(OC[C@H]2O[C@@H](n3cnc4c(N)ncnc43)C[C@@H]2O)SCOC(=O)C(C)(C)C)[C@@H](CO)O[C@H]1N1C=CC(=O)NC1O. The molecule has 3 aliphatic rings. The lowest BCUT2D eigenvalue weighted by molar-refractivity contribution is -0.161. The normalized spacial score (nSPS) is 29.7. The summed E-state index contributed by atoms with van der Waals surface area (Å²) in [6.07, 6.45) is -3.79. The number of imidazole rings is 1. The molecule has 0 radical (unpaired) electrons. The third-order valence-corrected chi connectivity index (χ3v) is 11.2. The quantitative estimate of drug-likeness (QED) is 0.0685. The van der Waals surface area contributed by atoms with Gasteiger partial charge in [-0.2, -0.15) is 0 Å². The van der Waals surface area contributed by atoms with Crippen LogP contribution in [0.4, 0.5) is 5.82 Å². The van der Waals surface area contributed by atoms with Crippen LogP contribution in [0.25, 0.3) is 11.2 Å². The van der Waals surface area contributed by atoms with Gasteiger partial charge in [0.15, 0.2) is 17.7 Å². The molecule has 20 nitrogen and oxygen atoms in total. The van der Waals surface area contributed by atoms with Crippen LogP contribution >= 0.6 is 18.2 Å². The minimum Gasteiger partial charge on any atom is -0.454 e. The van der Waals surface area contributed by atoms with Crippen molar-refractivity contribution in [3.8, 4) is 0 Å². The first-order valence-electron chi connectivity index (χ1n) is 15.6. The van der Waals surface area contributed by atoms with Gasteiger partial charge in [0.05, 0.1) is 44.3 Å². The van der Waals surface area contributed by atoms with E-state index in [0.717, 1.165) is 6.08 Å². The topological polar surface area (TPSA) is 261 Å². The number of nitrogens with zero attached hydrogens (tertiary/aromatic N) is 5. The van der Waals surface area contributed by atoms with Crippen LogP contribution in [-0.4, -0.2) is 134 Å². The fraction of sp³-hybridized carbons (Fsp3) is 0.679. The first-order valence-corrected chi connectivity index (χ1v) is 18.7. The van der Waals surface area contributed by atoms with Gasteiger partial charge in [0.1, 0.15) is 48.4 Å². The van der Waals surface area contributed by atoms with Crippen LogP contribution in [0.1, 0.15) is 33.4 Å². The van der Waals surface area contributed by atoms with Crippen LogP contribution in [0.2, 0.25) is 0 Å². The number of carbonyl (C=O) groups is 2. The van der Waals surface area contributed by atoms with Gasteiger partial charge in [-0.3, -0.25) is 23.2 Å². The first-order chi connectivity index (χ1) is 23.7. The van der Waals surface area contributed by atoms with Crippen molar-refractivity contribution < 1.29 is 62.2 Å². The summed E-state index contributed by atoms with van der Waals surface area (Å²) in [7, 11) is 1.46. The molecule has 5 rings (SSSR count). The molecule has 1 amide bonds. The molecule has 2 aromatic heterocycles. The Morgan fingerprint density at radius 2 is 1.96 bits per heavy atom. The summed E-state index contributed by atoms with van der Waals surface area (Å²) in [6, 6.07) is 0. The number of aromatic nitrogens is 4. The Morgan fingerprint density at radius 1 is 1.18 bits per heavy atom. The molecule has 50 heavy (non-hydrogen) atoms. The first kappa shape index (κ1) is 38.3. The summed E-state index contributed by atoms with van der Waals surface area (Å²) in [4.78, 5) is 37.9. The molecule has 0 aromatic carbocycles. The monoisotopic (exact) mass is 747 g/mol. The highest BCUT2D eigenvalue weighted by Crippen LogP contribution is 2.63. The van der Waals surface area contributed by atoms with Crippen LogP contribution in [0.3, 0.4) is 0 Å². The van der Waals surface area contributed by atoms with Gasteiger partial charge < -0.3 is 55.0 Å². The second-order valence-electron chi connectivity index (χ2n) is 12.5. The Morgan fingerprint density at radius 3 is 2.66 bits per heavy atom. The zero-order valence-electron chi connectivity index (χ0n) is 27.8. The van der Waals surface area contributed by atoms with Gasteiger partial charge in [-0.15, -0.1) is 0 Å². The van der Waals surface area contributed by atoms with Crippen molar-refractivity contribution in [3.63, 3.8) is 0 Å². The van der Waals surface area contributed by atoms with E-state index in [2.05, 4.69) is 20.3 Å². The molecule has 0 spiro atoms. The number of nitrogen functional groups attached to an aromatic ring is 1. The average Bonchev–Trinajstić information content (AvgIpc) is 3.75. The molecule has 2 fully saturated rings. The number of nitrogens with one attached hydrogen (secondary N) is 1. The Labute approximate surface area is 290 Å². The highest BCUT2D eigenvalue weighted by molar-refractivity contribution is 8.55. The number of esters is 1. The molecule has 278 valence electrons. The molecule has 5 heterocycles. The molecule has 2 unspecified atom stereocenters. The lowest BCUT2D eigenvalue weighted by atomic mass is 9.98. The van der Waals surface area contributed by atoms with Crippen LogP contribution in [-0.2, 0) is 46.9 Å². The zero-order chi connectivity index (χ0) is 36.2. The van der Waals surface area contributed by atoms with Crippen LogP contribution < -0.4 is 11.1 Å². The Bertz CT molecular complexity index is 1580. The molecule has 6 N–H and O–H groups in total. The van der Waals surface area contributed by atoms with Gasteiger partial charge in [0.25, 0.3) is 0 Å². The molecule has 9 atom stereocenters. The van der Waals surface area contributed by atoms with E-state index in [4.69, 9.17) is 38.5 Å². The van der Waals surface area contributed by atoms with E-state index < -0.39 is 92.6 Å². The second-order valence-corrected chi connectivity index (χ2v) is 16.5. The third-order valence-electron chi connectivity index (χ3n) is 7.87. The van der Waals surface area contributed by atoms with Gasteiger partial charge >= 0.3 is 12.8 Å². The number of fused-ring (bicyclic) bond motifs is 1. The zero-order valence-corrected chi connectivity index (χ0v) is 29.5. The van der Waals surface area contributed by atoms with Gasteiger partial charge in [-0.25, -0.2) is 19.5 Å². The van der Waals surface area contributed by atoms with Crippen molar-refractivity contribution in [2.45, 2.75) is 76.5 Å². The highest BCUT2D eigenvalue weighted by atomic mass is 32.7. The van der Waals surface area contributed by atoms with Crippen LogP contribution in [0.5, 0.6) is 0 Å². The maximum Gasteiger partial charge on any atom is 0.392 e. The summed E-state index contributed by atoms with van der Waals surface area (Å²) in [5.41, 5.74) is 5.79. The lowest BCUT2D eigenvalue weighted by Crippen LogP contribution is -2.56. The number of hydrogen-bond acceptors (Lipinski definition) is 19. The molecular formula is C28H42N7O13PS. The largest absolute Gasteiger partial charge is 0.454 e. The smallest absolute Gasteiger partial charge is 0.392 e. The molecule has 0 bridgehead atoms. The molecule has 3 aliphatic heterocycles. The van der Waals surface area contributed by atoms with E-state index in [1.54, 1.807) is 25.3 Å². The van der Waals surface area contributed by atoms with Crippen molar-refractivity contribution in [1.82, 2.24) is 29.7 Å². The molecule has 2 aromatic rings. The summed E-state index contributed by atoms with van der Waals surface area (Å²) in [5, 5.41) is 34.1. The van der Waals surface area contributed by atoms with Crippen molar-refractivity contribution >= 4 is 47.0 Å². The van der Waals surface area contributed by atoms with E-state index in [1.165, 1.54) is 30.9 Å². The third kappa shape index (κ3) is 8.73. The summed E-state index contributed by atoms with van der Waals surface area (Å²) < 4.78 is 56.6. The van der Waals surface area contributed by atoms with E-state index in [0.29, 0.717) is 22.5 Å². The number of aliphatic hydroxyl groups is 3. The van der Waals surface area contributed by atoms with Crippen molar-refractivity contribution in [2.75, 3.05) is 45.2 Å². The molecule has 22 heteroatoms. The van der Waals surface area contributed by atoms with Crippen LogP contribution in [0.15, 0.2) is 24.9 Å². The fourth-order valence-electron chi connectivity index (χ4n) is 5.27. The van der Waals surface area contributed by atoms with E-state index in [1.807, 2.05) is 0 Å². The number of rotatable bonds is 15. The van der Waals surface area contributed by atoms with Crippen molar-refractivity contribution in [3.05, 3.63) is 24.9 Å². The number of methoxy groups -OCH3 is 1.